The van der Waals surface area contributed by atoms with Gasteiger partial charge in [0.05, 0.1) is 13.2 Å². The van der Waals surface area contributed by atoms with Crippen LogP contribution in [0.2, 0.25) is 10.0 Å². The Hall–Kier alpha value is -1.22. The van der Waals surface area contributed by atoms with Crippen molar-refractivity contribution in [2.45, 2.75) is 37.0 Å². The molecule has 0 saturated carbocycles. The lowest BCUT2D eigenvalue weighted by Gasteiger charge is -2.25. The molecule has 28 heavy (non-hydrogen) atoms. The second kappa shape index (κ2) is 8.65. The van der Waals surface area contributed by atoms with Crippen LogP contribution in [0.15, 0.2) is 48.5 Å². The molecule has 6 nitrogen and oxygen atoms in total. The molecular formula is C20H20Cl2O6. The molecule has 2 saturated heterocycles. The molecule has 2 heterocycles. The fourth-order valence-electron chi connectivity index (χ4n) is 3.40. The molecule has 0 amide bonds. The van der Waals surface area contributed by atoms with Crippen molar-refractivity contribution < 1.29 is 29.2 Å². The van der Waals surface area contributed by atoms with Crippen molar-refractivity contribution >= 4 is 23.2 Å². The highest BCUT2D eigenvalue weighted by Gasteiger charge is 2.46. The number of benzene rings is 2. The second-order valence-corrected chi connectivity index (χ2v) is 7.48. The number of ether oxygens (including phenoxy) is 4. The number of hydrogen-bond acceptors (Lipinski definition) is 6. The zero-order chi connectivity index (χ0) is 19.7. The standard InChI is InChI=1S/C20H20Cl2O6/c21-13-7-3-1-5-11(13)19-25-10-16(27-19)17(24)18-15(9-23)26-20(28-18)12-6-2-4-8-14(12)22/h1-8,15-20,23-24H,9-10H2/t15-,16+,17+,18+,19?,20?/m1/s1. The summed E-state index contributed by atoms with van der Waals surface area (Å²) in [5.41, 5.74) is 1.32. The van der Waals surface area contributed by atoms with Crippen LogP contribution in [-0.2, 0) is 18.9 Å². The molecule has 150 valence electrons. The van der Waals surface area contributed by atoms with Crippen LogP contribution in [0.5, 0.6) is 0 Å². The molecule has 4 rings (SSSR count). The molecule has 2 aliphatic rings. The molecule has 2 aromatic carbocycles. The van der Waals surface area contributed by atoms with E-state index in [2.05, 4.69) is 0 Å². The summed E-state index contributed by atoms with van der Waals surface area (Å²) >= 11 is 12.4. The molecule has 2 aromatic rings. The Kier molecular flexibility index (Phi) is 6.20. The Morgan fingerprint density at radius 1 is 0.893 bits per heavy atom. The minimum atomic E-state index is -1.07. The lowest BCUT2D eigenvalue weighted by atomic mass is 10.0. The predicted octanol–water partition coefficient (Wildman–Crippen LogP) is 3.24. The first-order chi connectivity index (χ1) is 13.6. The number of aliphatic hydroxyl groups is 2. The highest BCUT2D eigenvalue weighted by molar-refractivity contribution is 6.31. The lowest BCUT2D eigenvalue weighted by molar-refractivity contribution is -0.125. The molecule has 6 atom stereocenters. The van der Waals surface area contributed by atoms with Gasteiger partial charge in [-0.25, -0.2) is 0 Å². The molecule has 8 heteroatoms. The van der Waals surface area contributed by atoms with Crippen LogP contribution in [0.25, 0.3) is 0 Å². The molecule has 2 unspecified atom stereocenters. The van der Waals surface area contributed by atoms with Crippen LogP contribution < -0.4 is 0 Å². The highest BCUT2D eigenvalue weighted by Crippen LogP contribution is 2.39. The van der Waals surface area contributed by atoms with E-state index < -0.39 is 37.0 Å². The van der Waals surface area contributed by atoms with E-state index in [1.54, 1.807) is 30.3 Å². The van der Waals surface area contributed by atoms with Gasteiger partial charge in [0.15, 0.2) is 12.6 Å². The first kappa shape index (κ1) is 20.1. The Morgan fingerprint density at radius 3 is 2.11 bits per heavy atom. The fraction of sp³-hybridized carbons (Fsp3) is 0.400. The lowest BCUT2D eigenvalue weighted by Crippen LogP contribution is -2.45. The van der Waals surface area contributed by atoms with Crippen molar-refractivity contribution in [2.75, 3.05) is 13.2 Å². The number of hydrogen-bond donors (Lipinski definition) is 2. The van der Waals surface area contributed by atoms with Gasteiger partial charge in [0, 0.05) is 21.2 Å². The molecule has 0 spiro atoms. The quantitative estimate of drug-likeness (QED) is 0.763. The minimum Gasteiger partial charge on any atom is -0.394 e. The van der Waals surface area contributed by atoms with Gasteiger partial charge in [-0.3, -0.25) is 0 Å². The van der Waals surface area contributed by atoms with Gasteiger partial charge in [0.1, 0.15) is 24.4 Å². The minimum absolute atomic E-state index is 0.159. The second-order valence-electron chi connectivity index (χ2n) is 6.66. The first-order valence-corrected chi connectivity index (χ1v) is 9.70. The van der Waals surface area contributed by atoms with E-state index in [1.165, 1.54) is 0 Å². The number of halogens is 2. The van der Waals surface area contributed by atoms with E-state index in [1.807, 2.05) is 18.2 Å². The molecule has 0 radical (unpaired) electrons. The molecule has 2 N–H and O–H groups in total. The third-order valence-electron chi connectivity index (χ3n) is 4.87. The van der Waals surface area contributed by atoms with Crippen molar-refractivity contribution in [1.82, 2.24) is 0 Å². The van der Waals surface area contributed by atoms with E-state index in [-0.39, 0.29) is 13.2 Å². The Bertz CT molecular complexity index is 819. The average Bonchev–Trinajstić information content (AvgIpc) is 3.35. The summed E-state index contributed by atoms with van der Waals surface area (Å²) in [6.07, 6.45) is -4.72. The van der Waals surface area contributed by atoms with Gasteiger partial charge in [-0.15, -0.1) is 0 Å². The van der Waals surface area contributed by atoms with Gasteiger partial charge in [0.2, 0.25) is 0 Å². The van der Waals surface area contributed by atoms with Gasteiger partial charge in [0.25, 0.3) is 0 Å². The van der Waals surface area contributed by atoms with Crippen LogP contribution in [0.1, 0.15) is 23.7 Å². The van der Waals surface area contributed by atoms with Crippen LogP contribution in [-0.4, -0.2) is 47.8 Å². The maximum atomic E-state index is 10.8. The van der Waals surface area contributed by atoms with Crippen LogP contribution in [0, 0.1) is 0 Å². The molecule has 2 fully saturated rings. The normalized spacial score (nSPS) is 31.2. The molecule has 2 aliphatic heterocycles. The predicted molar refractivity (Wildman–Crippen MR) is 102 cm³/mol. The smallest absolute Gasteiger partial charge is 0.186 e. The van der Waals surface area contributed by atoms with Gasteiger partial charge < -0.3 is 29.2 Å². The molecule has 0 aromatic heterocycles. The van der Waals surface area contributed by atoms with Crippen LogP contribution >= 0.6 is 23.2 Å². The molecule has 0 aliphatic carbocycles. The largest absolute Gasteiger partial charge is 0.394 e. The molecule has 0 bridgehead atoms. The fourth-order valence-corrected chi connectivity index (χ4v) is 3.85. The Morgan fingerprint density at radius 2 is 1.50 bits per heavy atom. The van der Waals surface area contributed by atoms with Gasteiger partial charge in [-0.05, 0) is 12.1 Å². The van der Waals surface area contributed by atoms with Crippen molar-refractivity contribution in [3.63, 3.8) is 0 Å². The summed E-state index contributed by atoms with van der Waals surface area (Å²) in [6.45, 7) is -0.157. The van der Waals surface area contributed by atoms with Crippen molar-refractivity contribution in [2.24, 2.45) is 0 Å². The zero-order valence-electron chi connectivity index (χ0n) is 14.8. The summed E-state index contributed by atoms with van der Waals surface area (Å²) in [5.74, 6) is 0. The third-order valence-corrected chi connectivity index (χ3v) is 5.56. The van der Waals surface area contributed by atoms with Gasteiger partial charge in [-0.2, -0.15) is 0 Å². The van der Waals surface area contributed by atoms with E-state index in [0.29, 0.717) is 21.2 Å². The topological polar surface area (TPSA) is 77.4 Å². The number of aliphatic hydroxyl groups excluding tert-OH is 2. The first-order valence-electron chi connectivity index (χ1n) is 8.94. The van der Waals surface area contributed by atoms with Crippen molar-refractivity contribution in [3.05, 3.63) is 69.7 Å². The van der Waals surface area contributed by atoms with Crippen molar-refractivity contribution in [3.8, 4) is 0 Å². The van der Waals surface area contributed by atoms with E-state index >= 15 is 0 Å². The molecular weight excluding hydrogens is 407 g/mol. The van der Waals surface area contributed by atoms with Crippen LogP contribution in [0.4, 0.5) is 0 Å². The van der Waals surface area contributed by atoms with Gasteiger partial charge >= 0.3 is 0 Å². The summed E-state index contributed by atoms with van der Waals surface area (Å²) in [5, 5.41) is 21.5. The van der Waals surface area contributed by atoms with Gasteiger partial charge in [-0.1, -0.05) is 59.6 Å². The zero-order valence-corrected chi connectivity index (χ0v) is 16.3. The maximum Gasteiger partial charge on any atom is 0.186 e. The highest BCUT2D eigenvalue weighted by atomic mass is 35.5. The van der Waals surface area contributed by atoms with Crippen molar-refractivity contribution in [1.29, 1.82) is 0 Å². The monoisotopic (exact) mass is 426 g/mol. The summed E-state index contributed by atoms with van der Waals surface area (Å²) in [7, 11) is 0. The van der Waals surface area contributed by atoms with Crippen LogP contribution in [0.3, 0.4) is 0 Å². The summed E-state index contributed by atoms with van der Waals surface area (Å²) in [6, 6.07) is 14.3. The van der Waals surface area contributed by atoms with E-state index in [0.717, 1.165) is 0 Å². The third kappa shape index (κ3) is 3.92. The average molecular weight is 427 g/mol. The number of rotatable bonds is 5. The SMILES string of the molecule is OC[C@H]1OC(c2ccccc2Cl)O[C@@H]1[C@@H](O)[C@@H]1COC(c2ccccc2Cl)O1. The van der Waals surface area contributed by atoms with E-state index in [9.17, 15) is 10.2 Å². The Labute approximate surface area is 172 Å². The maximum absolute atomic E-state index is 10.8. The Balaban J connectivity index is 1.46. The summed E-state index contributed by atoms with van der Waals surface area (Å²) in [4.78, 5) is 0. The van der Waals surface area contributed by atoms with E-state index in [4.69, 9.17) is 42.1 Å². The summed E-state index contributed by atoms with van der Waals surface area (Å²) < 4.78 is 23.2.